The van der Waals surface area contributed by atoms with Crippen LogP contribution < -0.4 is 0 Å². The molecule has 0 aromatic rings. The summed E-state index contributed by atoms with van der Waals surface area (Å²) in [5.74, 6) is 0. The van der Waals surface area contributed by atoms with Crippen LogP contribution in [0.15, 0.2) is 0 Å². The van der Waals surface area contributed by atoms with Gasteiger partial charge in [0.2, 0.25) is 0 Å². The van der Waals surface area contributed by atoms with E-state index in [1.54, 1.807) is 0 Å². The first kappa shape index (κ1) is 34.2. The SMILES string of the molecule is C.[BiH3].[Mo].[Pd]. The molecule has 0 N–H and O–H groups in total. The van der Waals surface area contributed by atoms with Crippen molar-refractivity contribution >= 4 is 26.2 Å². The van der Waals surface area contributed by atoms with E-state index >= 15 is 0 Å². The third-order valence-corrected chi connectivity index (χ3v) is 0. The number of hydrogen-bond donors (Lipinski definition) is 0. The van der Waals surface area contributed by atoms with Gasteiger partial charge in [-0.2, -0.15) is 0 Å². The number of hydrogen-bond acceptors (Lipinski definition) is 0. The average Bonchev–Trinajstić information content (AvgIpc) is 0. The zero-order chi connectivity index (χ0) is 0. The fraction of sp³-hybridized carbons (Fsp3) is 1.00. The summed E-state index contributed by atoms with van der Waals surface area (Å²) in [6.07, 6.45) is 0. The minimum atomic E-state index is 0. The Balaban J connectivity index is 0. The second kappa shape index (κ2) is 18.8. The zero-order valence-electron chi connectivity index (χ0n) is 1.43. The molecular formula is CH7BiMoPd. The molecule has 0 spiro atoms. The topological polar surface area (TPSA) is 0 Å². The van der Waals surface area contributed by atoms with Gasteiger partial charge in [0.05, 0.1) is 0 Å². The van der Waals surface area contributed by atoms with Crippen molar-refractivity contribution in [3.05, 3.63) is 0 Å². The fourth-order valence-electron chi connectivity index (χ4n) is 0. The second-order valence-corrected chi connectivity index (χ2v) is 0. The Labute approximate surface area is 74.2 Å². The van der Waals surface area contributed by atoms with Crippen LogP contribution in [0.25, 0.3) is 0 Å². The molecular weight excluding hydrogens is 423 g/mol. The maximum Gasteiger partial charge on any atom is 0 e. The minimum Gasteiger partial charge on any atom is 0 e. The first-order chi connectivity index (χ1) is 0. The number of rotatable bonds is 0. The van der Waals surface area contributed by atoms with Gasteiger partial charge in [-0.15, -0.1) is 0 Å². The van der Waals surface area contributed by atoms with Crippen molar-refractivity contribution in [2.75, 3.05) is 0 Å². The first-order valence-electron chi connectivity index (χ1n) is 0. The van der Waals surface area contributed by atoms with Crippen LogP contribution in [0.4, 0.5) is 0 Å². The van der Waals surface area contributed by atoms with Crippen molar-refractivity contribution < 1.29 is 41.5 Å². The van der Waals surface area contributed by atoms with E-state index in [2.05, 4.69) is 0 Å². The summed E-state index contributed by atoms with van der Waals surface area (Å²) >= 11 is 0. The van der Waals surface area contributed by atoms with E-state index in [1.807, 2.05) is 0 Å². The molecule has 3 heteroatoms. The van der Waals surface area contributed by atoms with Gasteiger partial charge in [0.25, 0.3) is 0 Å². The fourth-order valence-corrected chi connectivity index (χ4v) is 0. The molecule has 0 atom stereocenters. The maximum atomic E-state index is 0. The largest absolute Gasteiger partial charge is 0 e. The van der Waals surface area contributed by atoms with Gasteiger partial charge in [0.15, 0.2) is 0 Å². The molecule has 0 saturated heterocycles. The summed E-state index contributed by atoms with van der Waals surface area (Å²) in [6, 6.07) is 0. The van der Waals surface area contributed by atoms with E-state index in [0.717, 1.165) is 0 Å². The Morgan fingerprint density at radius 3 is 1.00 bits per heavy atom. The van der Waals surface area contributed by atoms with Gasteiger partial charge < -0.3 is 0 Å². The van der Waals surface area contributed by atoms with Crippen molar-refractivity contribution in [3.8, 4) is 0 Å². The van der Waals surface area contributed by atoms with E-state index in [9.17, 15) is 0 Å². The Morgan fingerprint density at radius 2 is 1.00 bits per heavy atom. The molecule has 4 heavy (non-hydrogen) atoms. The second-order valence-electron chi connectivity index (χ2n) is 0. The Hall–Kier alpha value is 2.23. The molecule has 0 unspecified atom stereocenters. The zero-order valence-corrected chi connectivity index (χ0v) is 10.5. The van der Waals surface area contributed by atoms with Crippen LogP contribution in [-0.4, -0.2) is 26.2 Å². The van der Waals surface area contributed by atoms with Crippen molar-refractivity contribution in [3.63, 3.8) is 0 Å². The third-order valence-electron chi connectivity index (χ3n) is 0. The Bertz CT molecular complexity index is 8.00. The summed E-state index contributed by atoms with van der Waals surface area (Å²) in [6.45, 7) is 0. The molecule has 0 bridgehead atoms. The molecule has 0 fully saturated rings. The smallest absolute Gasteiger partial charge is 0 e. The van der Waals surface area contributed by atoms with E-state index < -0.39 is 0 Å². The van der Waals surface area contributed by atoms with Crippen LogP contribution >= 0.6 is 0 Å². The Kier molecular flexibility index (Phi) is 161. The third kappa shape index (κ3) is 8.87. The quantitative estimate of drug-likeness (QED) is 0.453. The van der Waals surface area contributed by atoms with Gasteiger partial charge in [-0.05, 0) is 0 Å². The maximum absolute atomic E-state index is 0. The van der Waals surface area contributed by atoms with Crippen LogP contribution in [0, 0.1) is 0 Å². The molecule has 0 amide bonds. The molecule has 0 aliphatic heterocycles. The first-order valence-corrected chi connectivity index (χ1v) is 0. The molecule has 0 rings (SSSR count). The molecule has 32 valence electrons. The monoisotopic (exact) mass is 432 g/mol. The van der Waals surface area contributed by atoms with Crippen LogP contribution in [0.5, 0.6) is 0 Å². The van der Waals surface area contributed by atoms with Crippen molar-refractivity contribution in [2.45, 2.75) is 7.43 Å². The summed E-state index contributed by atoms with van der Waals surface area (Å²) in [7, 11) is 0. The Morgan fingerprint density at radius 1 is 1.00 bits per heavy atom. The molecule has 0 aliphatic rings. The molecule has 0 aliphatic carbocycles. The van der Waals surface area contributed by atoms with Gasteiger partial charge in [-0.25, -0.2) is 0 Å². The summed E-state index contributed by atoms with van der Waals surface area (Å²) < 4.78 is 0. The van der Waals surface area contributed by atoms with E-state index in [0.29, 0.717) is 0 Å². The molecule has 0 aromatic carbocycles. The normalized spacial score (nSPS) is 0. The van der Waals surface area contributed by atoms with E-state index in [-0.39, 0.29) is 75.1 Å². The van der Waals surface area contributed by atoms with Gasteiger partial charge in [0.1, 0.15) is 0 Å². The molecule has 0 heterocycles. The predicted octanol–water partition coefficient (Wildman–Crippen LogP) is -0.553. The van der Waals surface area contributed by atoms with Gasteiger partial charge in [0, 0.05) is 41.5 Å². The molecule has 0 nitrogen and oxygen atoms in total. The summed E-state index contributed by atoms with van der Waals surface area (Å²) in [5, 5.41) is 0. The molecule has 0 aromatic heterocycles. The van der Waals surface area contributed by atoms with E-state index in [4.69, 9.17) is 0 Å². The van der Waals surface area contributed by atoms with Crippen LogP contribution in [-0.2, 0) is 41.5 Å². The van der Waals surface area contributed by atoms with Crippen LogP contribution in [0.1, 0.15) is 7.43 Å². The molecule has 0 saturated carbocycles. The summed E-state index contributed by atoms with van der Waals surface area (Å²) in [5.41, 5.74) is 0. The van der Waals surface area contributed by atoms with Gasteiger partial charge in [-0.1, -0.05) is 7.43 Å². The van der Waals surface area contributed by atoms with Gasteiger partial charge in [-0.3, -0.25) is 0 Å². The van der Waals surface area contributed by atoms with Crippen molar-refractivity contribution in [2.24, 2.45) is 0 Å². The van der Waals surface area contributed by atoms with Crippen molar-refractivity contribution in [1.82, 2.24) is 0 Å². The van der Waals surface area contributed by atoms with Crippen molar-refractivity contribution in [1.29, 1.82) is 0 Å². The average molecular weight is 430 g/mol. The minimum absolute atomic E-state index is 0. The van der Waals surface area contributed by atoms with Gasteiger partial charge >= 0.3 is 26.2 Å². The summed E-state index contributed by atoms with van der Waals surface area (Å²) in [4.78, 5) is 0. The van der Waals surface area contributed by atoms with E-state index in [1.165, 1.54) is 0 Å². The predicted molar refractivity (Wildman–Crippen MR) is 16.7 cm³/mol. The standard InChI is InChI=1S/CH4.Bi.Mo.Pd.3H/h1H4;;;;;;. The van der Waals surface area contributed by atoms with Crippen LogP contribution in [0.3, 0.4) is 0 Å². The van der Waals surface area contributed by atoms with Crippen LogP contribution in [0.2, 0.25) is 0 Å². The molecule has 0 radical (unpaired) electrons.